The van der Waals surface area contributed by atoms with E-state index >= 15 is 0 Å². The van der Waals surface area contributed by atoms with Crippen LogP contribution in [0.15, 0.2) is 47.8 Å². The molecule has 0 spiro atoms. The summed E-state index contributed by atoms with van der Waals surface area (Å²) in [5.74, 6) is -0.901. The van der Waals surface area contributed by atoms with Gasteiger partial charge in [-0.2, -0.15) is 0 Å². The third-order valence-electron chi connectivity index (χ3n) is 2.79. The topological polar surface area (TPSA) is 68.0 Å². The maximum Gasteiger partial charge on any atom is 0.313 e. The standard InChI is InChI=1S/C14H10IN3O2S/c15-9-3-5-10(6-4-9)18-13-11(2-1-7-16-13)17-14(18)21-8-12(19)20/h1-7H,8H2,(H,19,20). The third-order valence-corrected chi connectivity index (χ3v) is 4.44. The number of thioether (sulfide) groups is 1. The number of carboxylic acid groups (broad SMARTS) is 1. The zero-order valence-corrected chi connectivity index (χ0v) is 13.7. The second-order valence-electron chi connectivity index (χ2n) is 4.23. The highest BCUT2D eigenvalue weighted by molar-refractivity contribution is 14.1. The first kappa shape index (κ1) is 14.3. The monoisotopic (exact) mass is 411 g/mol. The van der Waals surface area contributed by atoms with Crippen molar-refractivity contribution in [1.82, 2.24) is 14.5 Å². The highest BCUT2D eigenvalue weighted by Gasteiger charge is 2.14. The Kier molecular flexibility index (Phi) is 4.11. The zero-order valence-electron chi connectivity index (χ0n) is 10.7. The Balaban J connectivity index is 2.15. The smallest absolute Gasteiger partial charge is 0.313 e. The number of hydrogen-bond donors (Lipinski definition) is 1. The van der Waals surface area contributed by atoms with Crippen molar-refractivity contribution in [1.29, 1.82) is 0 Å². The van der Waals surface area contributed by atoms with E-state index in [1.54, 1.807) is 6.20 Å². The summed E-state index contributed by atoms with van der Waals surface area (Å²) >= 11 is 3.43. The highest BCUT2D eigenvalue weighted by atomic mass is 127. The molecule has 0 bridgehead atoms. The van der Waals surface area contributed by atoms with E-state index < -0.39 is 5.97 Å². The average molecular weight is 411 g/mol. The minimum absolute atomic E-state index is 0.0340. The van der Waals surface area contributed by atoms with Crippen LogP contribution >= 0.6 is 34.4 Å². The number of carbonyl (C=O) groups is 1. The lowest BCUT2D eigenvalue weighted by Gasteiger charge is -2.07. The molecule has 1 N–H and O–H groups in total. The number of aromatic nitrogens is 3. The van der Waals surface area contributed by atoms with Crippen molar-refractivity contribution < 1.29 is 9.90 Å². The van der Waals surface area contributed by atoms with Crippen molar-refractivity contribution in [2.24, 2.45) is 0 Å². The van der Waals surface area contributed by atoms with Gasteiger partial charge in [0, 0.05) is 15.5 Å². The number of nitrogens with zero attached hydrogens (tertiary/aromatic N) is 3. The van der Waals surface area contributed by atoms with E-state index in [9.17, 15) is 4.79 Å². The van der Waals surface area contributed by atoms with Gasteiger partial charge in [-0.15, -0.1) is 0 Å². The molecule has 0 radical (unpaired) electrons. The average Bonchev–Trinajstić information content (AvgIpc) is 2.84. The van der Waals surface area contributed by atoms with Crippen LogP contribution in [0.4, 0.5) is 0 Å². The van der Waals surface area contributed by atoms with Crippen molar-refractivity contribution in [3.63, 3.8) is 0 Å². The van der Waals surface area contributed by atoms with Gasteiger partial charge in [-0.3, -0.25) is 9.36 Å². The van der Waals surface area contributed by atoms with Crippen LogP contribution in [0.2, 0.25) is 0 Å². The molecule has 0 amide bonds. The van der Waals surface area contributed by atoms with Gasteiger partial charge in [-0.25, -0.2) is 9.97 Å². The minimum Gasteiger partial charge on any atom is -0.481 e. The van der Waals surface area contributed by atoms with Gasteiger partial charge < -0.3 is 5.11 Å². The third kappa shape index (κ3) is 3.03. The SMILES string of the molecule is O=C(O)CSc1nc2cccnc2n1-c1ccc(I)cc1. The Labute approximate surface area is 138 Å². The van der Waals surface area contributed by atoms with Crippen LogP contribution in [0.25, 0.3) is 16.9 Å². The molecule has 106 valence electrons. The first-order valence-corrected chi connectivity index (χ1v) is 8.15. The van der Waals surface area contributed by atoms with Crippen molar-refractivity contribution in [3.8, 4) is 5.69 Å². The van der Waals surface area contributed by atoms with Crippen LogP contribution in [0.5, 0.6) is 0 Å². The number of halogens is 1. The Morgan fingerprint density at radius 2 is 2.05 bits per heavy atom. The number of carboxylic acids is 1. The van der Waals surface area contributed by atoms with Gasteiger partial charge in [0.25, 0.3) is 0 Å². The molecule has 2 aromatic heterocycles. The van der Waals surface area contributed by atoms with Crippen LogP contribution < -0.4 is 0 Å². The van der Waals surface area contributed by atoms with E-state index in [0.29, 0.717) is 5.16 Å². The molecule has 0 aliphatic carbocycles. The Bertz CT molecular complexity index is 802. The molecule has 0 aliphatic rings. The van der Waals surface area contributed by atoms with Gasteiger partial charge in [-0.05, 0) is 59.0 Å². The summed E-state index contributed by atoms with van der Waals surface area (Å²) in [5.41, 5.74) is 2.40. The normalized spacial score (nSPS) is 10.9. The number of aliphatic carboxylic acids is 1. The summed E-state index contributed by atoms with van der Waals surface area (Å²) < 4.78 is 3.02. The molecular weight excluding hydrogens is 401 g/mol. The predicted octanol–water partition coefficient (Wildman–Crippen LogP) is 3.20. The number of imidazole rings is 1. The lowest BCUT2D eigenvalue weighted by atomic mass is 10.3. The summed E-state index contributed by atoms with van der Waals surface area (Å²) in [6.07, 6.45) is 1.71. The molecule has 7 heteroatoms. The van der Waals surface area contributed by atoms with E-state index in [-0.39, 0.29) is 5.75 Å². The first-order chi connectivity index (χ1) is 10.1. The molecule has 0 unspecified atom stereocenters. The van der Waals surface area contributed by atoms with Gasteiger partial charge in [0.1, 0.15) is 5.52 Å². The summed E-state index contributed by atoms with van der Waals surface area (Å²) in [6.45, 7) is 0. The van der Waals surface area contributed by atoms with Crippen LogP contribution in [0, 0.1) is 3.57 Å². The summed E-state index contributed by atoms with van der Waals surface area (Å²) in [4.78, 5) is 19.7. The Morgan fingerprint density at radius 3 is 2.76 bits per heavy atom. The van der Waals surface area contributed by atoms with Gasteiger partial charge in [0.15, 0.2) is 10.8 Å². The van der Waals surface area contributed by atoms with Crippen LogP contribution in [0.1, 0.15) is 0 Å². The molecule has 21 heavy (non-hydrogen) atoms. The summed E-state index contributed by atoms with van der Waals surface area (Å²) in [7, 11) is 0. The number of fused-ring (bicyclic) bond motifs is 1. The Morgan fingerprint density at radius 1 is 1.29 bits per heavy atom. The number of hydrogen-bond acceptors (Lipinski definition) is 4. The van der Waals surface area contributed by atoms with Crippen LogP contribution in [-0.4, -0.2) is 31.4 Å². The maximum absolute atomic E-state index is 10.8. The van der Waals surface area contributed by atoms with E-state index in [4.69, 9.17) is 5.11 Å². The maximum atomic E-state index is 10.8. The van der Waals surface area contributed by atoms with E-state index in [1.807, 2.05) is 41.0 Å². The number of rotatable bonds is 4. The lowest BCUT2D eigenvalue weighted by molar-refractivity contribution is -0.133. The van der Waals surface area contributed by atoms with Crippen molar-refractivity contribution in [3.05, 3.63) is 46.2 Å². The van der Waals surface area contributed by atoms with Crippen LogP contribution in [-0.2, 0) is 4.79 Å². The van der Waals surface area contributed by atoms with Gasteiger partial charge in [0.2, 0.25) is 0 Å². The quantitative estimate of drug-likeness (QED) is 0.528. The first-order valence-electron chi connectivity index (χ1n) is 6.09. The van der Waals surface area contributed by atoms with E-state index in [2.05, 4.69) is 32.6 Å². The predicted molar refractivity (Wildman–Crippen MR) is 89.9 cm³/mol. The molecule has 0 aliphatic heterocycles. The number of benzene rings is 1. The molecule has 3 rings (SSSR count). The summed E-state index contributed by atoms with van der Waals surface area (Å²) in [5, 5.41) is 9.50. The lowest BCUT2D eigenvalue weighted by Crippen LogP contribution is -2.02. The van der Waals surface area contributed by atoms with Crippen molar-refractivity contribution in [2.45, 2.75) is 5.16 Å². The van der Waals surface area contributed by atoms with E-state index in [0.717, 1.165) is 20.4 Å². The molecule has 0 fully saturated rings. The minimum atomic E-state index is -0.867. The second-order valence-corrected chi connectivity index (χ2v) is 6.42. The van der Waals surface area contributed by atoms with E-state index in [1.165, 1.54) is 11.8 Å². The summed E-state index contributed by atoms with van der Waals surface area (Å²) in [6, 6.07) is 11.6. The van der Waals surface area contributed by atoms with Crippen LogP contribution in [0.3, 0.4) is 0 Å². The van der Waals surface area contributed by atoms with Crippen molar-refractivity contribution in [2.75, 3.05) is 5.75 Å². The molecule has 1 aromatic carbocycles. The fourth-order valence-corrected chi connectivity index (χ4v) is 3.03. The molecule has 0 atom stereocenters. The highest BCUT2D eigenvalue weighted by Crippen LogP contribution is 2.27. The molecule has 3 aromatic rings. The molecule has 5 nitrogen and oxygen atoms in total. The largest absolute Gasteiger partial charge is 0.481 e. The van der Waals surface area contributed by atoms with Crippen molar-refractivity contribution >= 4 is 51.5 Å². The molecule has 0 saturated carbocycles. The van der Waals surface area contributed by atoms with Gasteiger partial charge in [0.05, 0.1) is 5.75 Å². The van der Waals surface area contributed by atoms with Gasteiger partial charge in [-0.1, -0.05) is 11.8 Å². The molecule has 2 heterocycles. The molecule has 0 saturated heterocycles. The zero-order chi connectivity index (χ0) is 14.8. The second kappa shape index (κ2) is 6.02. The fraction of sp³-hybridized carbons (Fsp3) is 0.0714. The Hall–Kier alpha value is -1.61. The fourth-order valence-electron chi connectivity index (χ4n) is 1.94. The van der Waals surface area contributed by atoms with Gasteiger partial charge >= 0.3 is 5.97 Å². The molecular formula is C14H10IN3O2S. The number of pyridine rings is 1.